The Kier molecular flexibility index (Phi) is 6.86. The van der Waals surface area contributed by atoms with Gasteiger partial charge < -0.3 is 5.32 Å². The van der Waals surface area contributed by atoms with Crippen molar-refractivity contribution in [2.24, 2.45) is 5.10 Å². The summed E-state index contributed by atoms with van der Waals surface area (Å²) in [6.07, 6.45) is 0.752. The molecule has 2 amide bonds. The number of carbonyl (C=O) groups is 2. The Balaban J connectivity index is 1.89. The van der Waals surface area contributed by atoms with Crippen LogP contribution in [0.4, 0.5) is 11.4 Å². The highest BCUT2D eigenvalue weighted by molar-refractivity contribution is 6.32. The van der Waals surface area contributed by atoms with Crippen LogP contribution < -0.4 is 10.7 Å². The van der Waals surface area contributed by atoms with Crippen molar-refractivity contribution in [1.82, 2.24) is 5.43 Å². The minimum absolute atomic E-state index is 0.00549. The molecule has 0 atom stereocenters. The van der Waals surface area contributed by atoms with E-state index >= 15 is 0 Å². The van der Waals surface area contributed by atoms with Gasteiger partial charge >= 0.3 is 0 Å². The number of nitrogens with one attached hydrogen (secondary N) is 2. The van der Waals surface area contributed by atoms with Crippen molar-refractivity contribution in [3.05, 3.63) is 67.7 Å². The van der Waals surface area contributed by atoms with E-state index in [9.17, 15) is 19.7 Å². The molecule has 27 heavy (non-hydrogen) atoms. The van der Waals surface area contributed by atoms with Gasteiger partial charge in [-0.25, -0.2) is 5.43 Å². The molecule has 0 saturated heterocycles. The SMILES string of the molecule is Cc1ccc(NC(=O)CC(=O)NN=Cc2ccc(Cl)c([N+](=O)[O-])c2)cc1Cl. The van der Waals surface area contributed by atoms with Crippen LogP contribution in [0.1, 0.15) is 17.5 Å². The molecule has 2 N–H and O–H groups in total. The highest BCUT2D eigenvalue weighted by Crippen LogP contribution is 2.24. The zero-order valence-electron chi connectivity index (χ0n) is 14.0. The third-order valence-electron chi connectivity index (χ3n) is 3.35. The number of hydrogen-bond acceptors (Lipinski definition) is 5. The number of hydrogen-bond donors (Lipinski definition) is 2. The Morgan fingerprint density at radius 2 is 1.89 bits per heavy atom. The van der Waals surface area contributed by atoms with Gasteiger partial charge in [-0.05, 0) is 30.7 Å². The lowest BCUT2D eigenvalue weighted by molar-refractivity contribution is -0.384. The van der Waals surface area contributed by atoms with Gasteiger partial charge in [0, 0.05) is 22.3 Å². The molecule has 0 aromatic heterocycles. The van der Waals surface area contributed by atoms with Crippen molar-refractivity contribution in [3.8, 4) is 0 Å². The number of nitrogens with zero attached hydrogens (tertiary/aromatic N) is 2. The number of nitro groups is 1. The van der Waals surface area contributed by atoms with Crippen LogP contribution in [0.5, 0.6) is 0 Å². The second-order valence-electron chi connectivity index (χ2n) is 5.45. The molecule has 140 valence electrons. The lowest BCUT2D eigenvalue weighted by atomic mass is 10.2. The quantitative estimate of drug-likeness (QED) is 0.328. The Bertz CT molecular complexity index is 931. The van der Waals surface area contributed by atoms with Crippen LogP contribution in [0.25, 0.3) is 0 Å². The predicted octanol–water partition coefficient (Wildman–Crippen LogP) is 3.69. The first-order chi connectivity index (χ1) is 12.8. The first-order valence-corrected chi connectivity index (χ1v) is 8.33. The first kappa shape index (κ1) is 20.3. The summed E-state index contributed by atoms with van der Waals surface area (Å²) in [6.45, 7) is 1.83. The van der Waals surface area contributed by atoms with E-state index in [-0.39, 0.29) is 10.7 Å². The van der Waals surface area contributed by atoms with E-state index in [1.54, 1.807) is 18.2 Å². The van der Waals surface area contributed by atoms with E-state index in [0.29, 0.717) is 16.3 Å². The number of rotatable bonds is 6. The van der Waals surface area contributed by atoms with Gasteiger partial charge in [0.25, 0.3) is 5.69 Å². The maximum atomic E-state index is 11.9. The van der Waals surface area contributed by atoms with E-state index in [4.69, 9.17) is 23.2 Å². The molecule has 0 unspecified atom stereocenters. The Labute approximate surface area is 164 Å². The minimum Gasteiger partial charge on any atom is -0.326 e. The van der Waals surface area contributed by atoms with E-state index < -0.39 is 23.2 Å². The van der Waals surface area contributed by atoms with Crippen LogP contribution in [0.2, 0.25) is 10.0 Å². The Morgan fingerprint density at radius 3 is 2.56 bits per heavy atom. The maximum absolute atomic E-state index is 11.9. The predicted molar refractivity (Wildman–Crippen MR) is 103 cm³/mol. The second-order valence-corrected chi connectivity index (χ2v) is 6.26. The largest absolute Gasteiger partial charge is 0.326 e. The fourth-order valence-electron chi connectivity index (χ4n) is 1.99. The lowest BCUT2D eigenvalue weighted by Crippen LogP contribution is -2.24. The first-order valence-electron chi connectivity index (χ1n) is 7.58. The number of hydrazone groups is 1. The number of amides is 2. The summed E-state index contributed by atoms with van der Waals surface area (Å²) in [6, 6.07) is 9.06. The molecule has 2 aromatic rings. The van der Waals surface area contributed by atoms with E-state index in [0.717, 1.165) is 5.56 Å². The standard InChI is InChI=1S/C17H14Cl2N4O4/c1-10-2-4-12(7-14(10)19)21-16(24)8-17(25)22-20-9-11-3-5-13(18)15(6-11)23(26)27/h2-7,9H,8H2,1H3,(H,21,24)(H,22,25). The smallest absolute Gasteiger partial charge is 0.288 e. The summed E-state index contributed by atoms with van der Waals surface area (Å²) in [4.78, 5) is 33.8. The summed E-state index contributed by atoms with van der Waals surface area (Å²) < 4.78 is 0. The van der Waals surface area contributed by atoms with E-state index in [2.05, 4.69) is 15.8 Å². The molecule has 2 rings (SSSR count). The second kappa shape index (κ2) is 9.11. The van der Waals surface area contributed by atoms with E-state index in [1.165, 1.54) is 24.4 Å². The van der Waals surface area contributed by atoms with Crippen molar-refractivity contribution in [2.45, 2.75) is 13.3 Å². The van der Waals surface area contributed by atoms with Gasteiger partial charge in [-0.3, -0.25) is 19.7 Å². The van der Waals surface area contributed by atoms with Gasteiger partial charge in [0.2, 0.25) is 11.8 Å². The number of anilines is 1. The van der Waals surface area contributed by atoms with Gasteiger partial charge in [-0.2, -0.15) is 5.10 Å². The molecule has 10 heteroatoms. The molecule has 0 saturated carbocycles. The molecule has 0 radical (unpaired) electrons. The van der Waals surface area contributed by atoms with Crippen molar-refractivity contribution >= 4 is 52.6 Å². The monoisotopic (exact) mass is 408 g/mol. The zero-order valence-corrected chi connectivity index (χ0v) is 15.5. The summed E-state index contributed by atoms with van der Waals surface area (Å²) in [5, 5.41) is 17.5. The number of carbonyl (C=O) groups excluding carboxylic acids is 2. The summed E-state index contributed by atoms with van der Waals surface area (Å²) in [5.41, 5.74) is 3.60. The average Bonchev–Trinajstić information content (AvgIpc) is 2.59. The van der Waals surface area contributed by atoms with Crippen LogP contribution in [-0.2, 0) is 9.59 Å². The molecular weight excluding hydrogens is 395 g/mol. The summed E-state index contributed by atoms with van der Waals surface area (Å²) in [5.74, 6) is -1.19. The average molecular weight is 409 g/mol. The number of nitro benzene ring substituents is 1. The van der Waals surface area contributed by atoms with Crippen molar-refractivity contribution in [2.75, 3.05) is 5.32 Å². The summed E-state index contributed by atoms with van der Waals surface area (Å²) >= 11 is 11.7. The van der Waals surface area contributed by atoms with Gasteiger partial charge in [0.15, 0.2) is 0 Å². The van der Waals surface area contributed by atoms with Crippen LogP contribution in [0.15, 0.2) is 41.5 Å². The topological polar surface area (TPSA) is 114 Å². The molecule has 2 aromatic carbocycles. The van der Waals surface area contributed by atoms with Crippen molar-refractivity contribution in [3.63, 3.8) is 0 Å². The summed E-state index contributed by atoms with van der Waals surface area (Å²) in [7, 11) is 0. The van der Waals surface area contributed by atoms with Crippen molar-refractivity contribution < 1.29 is 14.5 Å². The molecule has 0 spiro atoms. The van der Waals surface area contributed by atoms with Crippen LogP contribution in [-0.4, -0.2) is 23.0 Å². The molecule has 0 aliphatic carbocycles. The van der Waals surface area contributed by atoms with Gasteiger partial charge in [-0.1, -0.05) is 35.3 Å². The highest BCUT2D eigenvalue weighted by Gasteiger charge is 2.12. The van der Waals surface area contributed by atoms with Gasteiger partial charge in [0.05, 0.1) is 11.1 Å². The van der Waals surface area contributed by atoms with Crippen LogP contribution in [0, 0.1) is 17.0 Å². The fourth-order valence-corrected chi connectivity index (χ4v) is 2.36. The number of aryl methyl sites for hydroxylation is 1. The van der Waals surface area contributed by atoms with Crippen molar-refractivity contribution in [1.29, 1.82) is 0 Å². The Hall–Kier alpha value is -2.97. The van der Waals surface area contributed by atoms with Gasteiger partial charge in [-0.15, -0.1) is 0 Å². The molecule has 0 aliphatic rings. The fraction of sp³-hybridized carbons (Fsp3) is 0.118. The maximum Gasteiger partial charge on any atom is 0.288 e. The molecular formula is C17H14Cl2N4O4. The normalized spacial score (nSPS) is 10.6. The molecule has 0 heterocycles. The highest BCUT2D eigenvalue weighted by atomic mass is 35.5. The molecule has 8 nitrogen and oxygen atoms in total. The lowest BCUT2D eigenvalue weighted by Gasteiger charge is -2.06. The molecule has 0 aliphatic heterocycles. The van der Waals surface area contributed by atoms with Crippen LogP contribution >= 0.6 is 23.2 Å². The Morgan fingerprint density at radius 1 is 1.15 bits per heavy atom. The van der Waals surface area contributed by atoms with Gasteiger partial charge in [0.1, 0.15) is 11.4 Å². The molecule has 0 fully saturated rings. The molecule has 0 bridgehead atoms. The number of halogens is 2. The third kappa shape index (κ3) is 6.05. The zero-order chi connectivity index (χ0) is 20.0. The number of benzene rings is 2. The third-order valence-corrected chi connectivity index (χ3v) is 4.07. The van der Waals surface area contributed by atoms with E-state index in [1.807, 2.05) is 6.92 Å². The van der Waals surface area contributed by atoms with Crippen LogP contribution in [0.3, 0.4) is 0 Å². The minimum atomic E-state index is -0.648.